The van der Waals surface area contributed by atoms with E-state index in [4.69, 9.17) is 14.7 Å². The summed E-state index contributed by atoms with van der Waals surface area (Å²) in [5.41, 5.74) is 1.44. The van der Waals surface area contributed by atoms with E-state index < -0.39 is 15.7 Å². The van der Waals surface area contributed by atoms with Crippen LogP contribution in [0.1, 0.15) is 31.7 Å². The van der Waals surface area contributed by atoms with Crippen LogP contribution in [0.4, 0.5) is 0 Å². The van der Waals surface area contributed by atoms with Gasteiger partial charge in [0.1, 0.15) is 10.8 Å². The van der Waals surface area contributed by atoms with E-state index in [9.17, 15) is 8.42 Å². The highest BCUT2D eigenvalue weighted by Crippen LogP contribution is 2.37. The molecule has 2 aromatic rings. The molecule has 0 radical (unpaired) electrons. The molecule has 0 bridgehead atoms. The number of methoxy groups -OCH3 is 1. The number of rotatable bonds is 6. The highest BCUT2D eigenvalue weighted by molar-refractivity contribution is 8.15. The average molecular weight is 458 g/mol. The predicted octanol–water partition coefficient (Wildman–Crippen LogP) is 4.22. The predicted molar refractivity (Wildman–Crippen MR) is 127 cm³/mol. The van der Waals surface area contributed by atoms with Gasteiger partial charge >= 0.3 is 0 Å². The van der Waals surface area contributed by atoms with Crippen LogP contribution < -0.4 is 4.74 Å². The molecular formula is C23H27N3O3S2. The molecule has 1 saturated heterocycles. The summed E-state index contributed by atoms with van der Waals surface area (Å²) in [6, 6.07) is 16.7. The second-order valence-electron chi connectivity index (χ2n) is 7.65. The van der Waals surface area contributed by atoms with Crippen LogP contribution in [0.25, 0.3) is 0 Å². The normalized spacial score (nSPS) is 18.6. The SMILES string of the molecule is CCCSC1=NC2(CCN(S(=O)(=O)c3ccc(OC)cc3)CC2)N=C1c1ccccc1. The Bertz CT molecular complexity index is 1070. The van der Waals surface area contributed by atoms with Gasteiger partial charge in [-0.1, -0.05) is 37.3 Å². The Hall–Kier alpha value is -2.16. The van der Waals surface area contributed by atoms with E-state index in [1.165, 1.54) is 0 Å². The van der Waals surface area contributed by atoms with Crippen molar-refractivity contribution in [2.75, 3.05) is 26.0 Å². The van der Waals surface area contributed by atoms with E-state index in [1.807, 2.05) is 18.2 Å². The van der Waals surface area contributed by atoms with Crippen LogP contribution in [-0.2, 0) is 10.0 Å². The van der Waals surface area contributed by atoms with Crippen LogP contribution in [0, 0.1) is 0 Å². The standard InChI is InChI=1S/C23H27N3O3S2/c1-3-17-30-22-21(18-7-5-4-6-8-18)24-23(25-22)13-15-26(16-14-23)31(27,28)20-11-9-19(29-2)10-12-20/h4-12H,3,13-17H2,1-2H3. The molecule has 2 aromatic carbocycles. The van der Waals surface area contributed by atoms with Crippen molar-refractivity contribution in [1.82, 2.24) is 4.31 Å². The first kappa shape index (κ1) is 22.0. The Morgan fingerprint density at radius 3 is 2.32 bits per heavy atom. The van der Waals surface area contributed by atoms with E-state index in [0.717, 1.165) is 28.5 Å². The van der Waals surface area contributed by atoms with Gasteiger partial charge in [0, 0.05) is 31.5 Å². The lowest BCUT2D eigenvalue weighted by Crippen LogP contribution is -2.44. The number of benzene rings is 2. The number of nitrogens with zero attached hydrogens (tertiary/aromatic N) is 3. The fraction of sp³-hybridized carbons (Fsp3) is 0.391. The minimum Gasteiger partial charge on any atom is -0.497 e. The summed E-state index contributed by atoms with van der Waals surface area (Å²) >= 11 is 1.74. The second-order valence-corrected chi connectivity index (χ2v) is 10.7. The Labute approximate surface area is 188 Å². The number of hydrogen-bond acceptors (Lipinski definition) is 6. The van der Waals surface area contributed by atoms with Crippen molar-refractivity contribution in [2.24, 2.45) is 9.98 Å². The van der Waals surface area contributed by atoms with Gasteiger partial charge in [0.2, 0.25) is 10.0 Å². The van der Waals surface area contributed by atoms with Gasteiger partial charge < -0.3 is 4.74 Å². The van der Waals surface area contributed by atoms with Gasteiger partial charge in [-0.15, -0.1) is 11.8 Å². The molecule has 6 nitrogen and oxygen atoms in total. The summed E-state index contributed by atoms with van der Waals surface area (Å²) in [7, 11) is -1.99. The van der Waals surface area contributed by atoms with Gasteiger partial charge in [-0.3, -0.25) is 4.99 Å². The van der Waals surface area contributed by atoms with Crippen molar-refractivity contribution >= 4 is 32.5 Å². The van der Waals surface area contributed by atoms with Gasteiger partial charge in [0.25, 0.3) is 0 Å². The fourth-order valence-corrected chi connectivity index (χ4v) is 6.18. The van der Waals surface area contributed by atoms with E-state index >= 15 is 0 Å². The van der Waals surface area contributed by atoms with E-state index in [1.54, 1.807) is 47.4 Å². The third-order valence-corrected chi connectivity index (χ3v) is 8.63. The van der Waals surface area contributed by atoms with E-state index in [-0.39, 0.29) is 4.90 Å². The lowest BCUT2D eigenvalue weighted by Gasteiger charge is -2.34. The topological polar surface area (TPSA) is 71.3 Å². The van der Waals surface area contributed by atoms with Crippen LogP contribution in [0.5, 0.6) is 5.75 Å². The van der Waals surface area contributed by atoms with Crippen LogP contribution in [0.3, 0.4) is 0 Å². The maximum atomic E-state index is 13.1. The monoisotopic (exact) mass is 457 g/mol. The van der Waals surface area contributed by atoms with Crippen molar-refractivity contribution in [3.05, 3.63) is 60.2 Å². The zero-order valence-electron chi connectivity index (χ0n) is 17.8. The largest absolute Gasteiger partial charge is 0.497 e. The van der Waals surface area contributed by atoms with Gasteiger partial charge in [0.05, 0.1) is 17.7 Å². The zero-order valence-corrected chi connectivity index (χ0v) is 19.5. The number of piperidine rings is 1. The van der Waals surface area contributed by atoms with E-state index in [0.29, 0.717) is 31.7 Å². The Morgan fingerprint density at radius 2 is 1.71 bits per heavy atom. The molecule has 2 aliphatic rings. The molecule has 2 heterocycles. The van der Waals surface area contributed by atoms with Crippen molar-refractivity contribution in [2.45, 2.75) is 36.7 Å². The van der Waals surface area contributed by atoms with Crippen molar-refractivity contribution in [3.63, 3.8) is 0 Å². The molecule has 0 aromatic heterocycles. The third-order valence-electron chi connectivity index (χ3n) is 5.54. The van der Waals surface area contributed by atoms with E-state index in [2.05, 4.69) is 19.1 Å². The molecule has 164 valence electrons. The molecule has 0 aliphatic carbocycles. The summed E-state index contributed by atoms with van der Waals surface area (Å²) in [6.45, 7) is 2.95. The summed E-state index contributed by atoms with van der Waals surface area (Å²) in [5, 5.41) is 0.972. The smallest absolute Gasteiger partial charge is 0.243 e. The highest BCUT2D eigenvalue weighted by Gasteiger charge is 2.42. The number of aliphatic imine (C=N–C) groups is 2. The molecule has 1 fully saturated rings. The quantitative estimate of drug-likeness (QED) is 0.651. The molecule has 0 unspecified atom stereocenters. The molecule has 8 heteroatoms. The first-order chi connectivity index (χ1) is 15.0. The average Bonchev–Trinajstić information content (AvgIpc) is 3.16. The number of ether oxygens (including phenoxy) is 1. The van der Waals surface area contributed by atoms with Gasteiger partial charge in [-0.2, -0.15) is 4.31 Å². The minimum absolute atomic E-state index is 0.284. The Kier molecular flexibility index (Phi) is 6.50. The summed E-state index contributed by atoms with van der Waals surface area (Å²) in [6.07, 6.45) is 2.22. The molecule has 4 rings (SSSR count). The summed E-state index contributed by atoms with van der Waals surface area (Å²) in [5.74, 6) is 1.62. The maximum Gasteiger partial charge on any atom is 0.243 e. The lowest BCUT2D eigenvalue weighted by atomic mass is 10.00. The van der Waals surface area contributed by atoms with Gasteiger partial charge in [-0.25, -0.2) is 13.4 Å². The number of sulfonamides is 1. The third kappa shape index (κ3) is 4.56. The Balaban J connectivity index is 1.54. The highest BCUT2D eigenvalue weighted by atomic mass is 32.2. The maximum absolute atomic E-state index is 13.1. The molecule has 2 aliphatic heterocycles. The van der Waals surface area contributed by atoms with Crippen molar-refractivity contribution in [1.29, 1.82) is 0 Å². The first-order valence-corrected chi connectivity index (χ1v) is 12.9. The molecule has 0 N–H and O–H groups in total. The molecular weight excluding hydrogens is 430 g/mol. The van der Waals surface area contributed by atoms with Crippen LogP contribution in [0.15, 0.2) is 69.5 Å². The second kappa shape index (κ2) is 9.14. The summed E-state index contributed by atoms with van der Waals surface area (Å²) < 4.78 is 32.9. The fourth-order valence-electron chi connectivity index (χ4n) is 3.81. The molecule has 0 amide bonds. The first-order valence-electron chi connectivity index (χ1n) is 10.5. The van der Waals surface area contributed by atoms with Gasteiger partial charge in [-0.05, 0) is 36.4 Å². The Morgan fingerprint density at radius 1 is 1.03 bits per heavy atom. The van der Waals surface area contributed by atoms with Crippen LogP contribution in [0.2, 0.25) is 0 Å². The number of hydrogen-bond donors (Lipinski definition) is 0. The van der Waals surface area contributed by atoms with Crippen LogP contribution >= 0.6 is 11.8 Å². The minimum atomic E-state index is -3.55. The molecule has 0 atom stereocenters. The van der Waals surface area contributed by atoms with Gasteiger partial charge in [0.15, 0.2) is 5.66 Å². The van der Waals surface area contributed by atoms with Crippen LogP contribution in [-0.4, -0.2) is 55.1 Å². The van der Waals surface area contributed by atoms with Crippen molar-refractivity contribution < 1.29 is 13.2 Å². The number of thioether (sulfide) groups is 1. The lowest BCUT2D eigenvalue weighted by molar-refractivity contribution is 0.249. The molecule has 1 spiro atoms. The molecule has 0 saturated carbocycles. The zero-order chi connectivity index (χ0) is 21.9. The summed E-state index contributed by atoms with van der Waals surface area (Å²) in [4.78, 5) is 10.4. The van der Waals surface area contributed by atoms with Crippen molar-refractivity contribution in [3.8, 4) is 5.75 Å². The molecule has 31 heavy (non-hydrogen) atoms.